The van der Waals surface area contributed by atoms with Crippen LogP contribution in [0.1, 0.15) is 29.8 Å². The van der Waals surface area contributed by atoms with Gasteiger partial charge in [0.25, 0.3) is 0 Å². The van der Waals surface area contributed by atoms with Crippen molar-refractivity contribution in [3.63, 3.8) is 0 Å². The molecule has 0 aliphatic carbocycles. The molecule has 0 unspecified atom stereocenters. The van der Waals surface area contributed by atoms with Gasteiger partial charge in [0.15, 0.2) is 0 Å². The molecule has 0 spiro atoms. The SMILES string of the molecule is COC(=O)c1cc(F)c(NCC(C)(C)O)c(N)c1C. The quantitative estimate of drug-likeness (QED) is 0.572. The average Bonchev–Trinajstić information content (AvgIpc) is 2.31. The van der Waals surface area contributed by atoms with Crippen molar-refractivity contribution in [2.24, 2.45) is 0 Å². The van der Waals surface area contributed by atoms with Crippen molar-refractivity contribution in [2.75, 3.05) is 24.7 Å². The summed E-state index contributed by atoms with van der Waals surface area (Å²) in [6.45, 7) is 4.91. The first-order valence-corrected chi connectivity index (χ1v) is 5.80. The fourth-order valence-electron chi connectivity index (χ4n) is 1.57. The average molecular weight is 270 g/mol. The Hall–Kier alpha value is -1.82. The normalized spacial score (nSPS) is 11.3. The zero-order valence-corrected chi connectivity index (χ0v) is 11.5. The highest BCUT2D eigenvalue weighted by Crippen LogP contribution is 2.29. The number of halogens is 1. The van der Waals surface area contributed by atoms with Crippen molar-refractivity contribution in [2.45, 2.75) is 26.4 Å². The van der Waals surface area contributed by atoms with E-state index in [1.807, 2.05) is 0 Å². The molecule has 0 bridgehead atoms. The van der Waals surface area contributed by atoms with Gasteiger partial charge in [0.2, 0.25) is 0 Å². The summed E-state index contributed by atoms with van der Waals surface area (Å²) in [5.74, 6) is -1.30. The Morgan fingerprint density at radius 3 is 2.63 bits per heavy atom. The van der Waals surface area contributed by atoms with Crippen LogP contribution in [-0.2, 0) is 4.74 Å². The van der Waals surface area contributed by atoms with Gasteiger partial charge in [0.1, 0.15) is 5.82 Å². The lowest BCUT2D eigenvalue weighted by molar-refractivity contribution is 0.0599. The van der Waals surface area contributed by atoms with Crippen LogP contribution in [0.15, 0.2) is 6.07 Å². The number of anilines is 2. The van der Waals surface area contributed by atoms with Crippen molar-refractivity contribution < 1.29 is 19.0 Å². The van der Waals surface area contributed by atoms with Gasteiger partial charge in [-0.1, -0.05) is 0 Å². The molecule has 0 saturated heterocycles. The smallest absolute Gasteiger partial charge is 0.338 e. The van der Waals surface area contributed by atoms with Crippen LogP contribution in [0, 0.1) is 12.7 Å². The second-order valence-electron chi connectivity index (χ2n) is 4.98. The van der Waals surface area contributed by atoms with E-state index in [0.29, 0.717) is 5.56 Å². The highest BCUT2D eigenvalue weighted by molar-refractivity contribution is 5.94. The number of hydrogen-bond acceptors (Lipinski definition) is 5. The molecule has 19 heavy (non-hydrogen) atoms. The zero-order chi connectivity index (χ0) is 14.8. The Morgan fingerprint density at radius 1 is 1.58 bits per heavy atom. The summed E-state index contributed by atoms with van der Waals surface area (Å²) in [6.07, 6.45) is 0. The first-order valence-electron chi connectivity index (χ1n) is 5.80. The van der Waals surface area contributed by atoms with Crippen LogP contribution in [0.2, 0.25) is 0 Å². The van der Waals surface area contributed by atoms with Crippen LogP contribution in [0.3, 0.4) is 0 Å². The van der Waals surface area contributed by atoms with Gasteiger partial charge in [-0.2, -0.15) is 0 Å². The molecule has 1 aromatic rings. The van der Waals surface area contributed by atoms with E-state index in [1.165, 1.54) is 7.11 Å². The molecule has 5 nitrogen and oxygen atoms in total. The standard InChI is InChI=1S/C13H19FN2O3/c1-7-8(12(17)19-4)5-9(14)11(10(7)15)16-6-13(2,3)18/h5,16,18H,6,15H2,1-4H3. The Balaban J connectivity index is 3.16. The number of ether oxygens (including phenoxy) is 1. The summed E-state index contributed by atoms with van der Waals surface area (Å²) in [5.41, 5.74) is 5.54. The number of aliphatic hydroxyl groups is 1. The summed E-state index contributed by atoms with van der Waals surface area (Å²) in [6, 6.07) is 1.07. The van der Waals surface area contributed by atoms with E-state index in [9.17, 15) is 14.3 Å². The van der Waals surface area contributed by atoms with Crippen LogP contribution in [-0.4, -0.2) is 30.3 Å². The van der Waals surface area contributed by atoms with Crippen LogP contribution in [0.4, 0.5) is 15.8 Å². The van der Waals surface area contributed by atoms with Gasteiger partial charge < -0.3 is 20.9 Å². The van der Waals surface area contributed by atoms with E-state index in [4.69, 9.17) is 5.73 Å². The Kier molecular flexibility index (Phi) is 4.36. The highest BCUT2D eigenvalue weighted by Gasteiger charge is 2.20. The fourth-order valence-corrected chi connectivity index (χ4v) is 1.57. The predicted molar refractivity (Wildman–Crippen MR) is 71.7 cm³/mol. The zero-order valence-electron chi connectivity index (χ0n) is 11.5. The van der Waals surface area contributed by atoms with Gasteiger partial charge in [-0.25, -0.2) is 9.18 Å². The third kappa shape index (κ3) is 3.57. The van der Waals surface area contributed by atoms with E-state index < -0.39 is 17.4 Å². The van der Waals surface area contributed by atoms with Gasteiger partial charge in [-0.15, -0.1) is 0 Å². The third-order valence-corrected chi connectivity index (χ3v) is 2.69. The first kappa shape index (κ1) is 15.2. The third-order valence-electron chi connectivity index (χ3n) is 2.69. The number of rotatable bonds is 4. The van der Waals surface area contributed by atoms with Crippen molar-refractivity contribution >= 4 is 17.3 Å². The number of nitrogens with two attached hydrogens (primary N) is 1. The van der Waals surface area contributed by atoms with Crippen LogP contribution >= 0.6 is 0 Å². The highest BCUT2D eigenvalue weighted by atomic mass is 19.1. The molecular weight excluding hydrogens is 251 g/mol. The van der Waals surface area contributed by atoms with Crippen molar-refractivity contribution in [3.8, 4) is 0 Å². The van der Waals surface area contributed by atoms with Crippen LogP contribution in [0.25, 0.3) is 0 Å². The summed E-state index contributed by atoms with van der Waals surface area (Å²) < 4.78 is 18.5. The van der Waals surface area contributed by atoms with E-state index in [0.717, 1.165) is 6.07 Å². The topological polar surface area (TPSA) is 84.6 Å². The number of nitrogens with one attached hydrogen (secondary N) is 1. The fraction of sp³-hybridized carbons (Fsp3) is 0.462. The lowest BCUT2D eigenvalue weighted by atomic mass is 10.0. The number of hydrogen-bond donors (Lipinski definition) is 3. The van der Waals surface area contributed by atoms with Gasteiger partial charge >= 0.3 is 5.97 Å². The van der Waals surface area contributed by atoms with Gasteiger partial charge in [-0.05, 0) is 32.4 Å². The predicted octanol–water partition coefficient (Wildman–Crippen LogP) is 1.69. The Morgan fingerprint density at radius 2 is 2.16 bits per heavy atom. The minimum Gasteiger partial charge on any atom is -0.465 e. The summed E-state index contributed by atoms with van der Waals surface area (Å²) in [7, 11) is 1.22. The van der Waals surface area contributed by atoms with Crippen molar-refractivity contribution in [1.82, 2.24) is 0 Å². The molecule has 106 valence electrons. The number of methoxy groups -OCH3 is 1. The lowest BCUT2D eigenvalue weighted by Gasteiger charge is -2.21. The van der Waals surface area contributed by atoms with Crippen LogP contribution in [0.5, 0.6) is 0 Å². The lowest BCUT2D eigenvalue weighted by Crippen LogP contribution is -2.30. The van der Waals surface area contributed by atoms with Gasteiger partial charge in [0.05, 0.1) is 29.6 Å². The number of esters is 1. The van der Waals surface area contributed by atoms with Crippen molar-refractivity contribution in [3.05, 3.63) is 23.0 Å². The van der Waals surface area contributed by atoms with E-state index in [1.54, 1.807) is 20.8 Å². The molecule has 4 N–H and O–H groups in total. The molecule has 6 heteroatoms. The van der Waals surface area contributed by atoms with Gasteiger partial charge in [0, 0.05) is 6.54 Å². The maximum Gasteiger partial charge on any atom is 0.338 e. The first-order chi connectivity index (χ1) is 8.67. The summed E-state index contributed by atoms with van der Waals surface area (Å²) in [4.78, 5) is 11.5. The molecule has 0 fully saturated rings. The number of carbonyl (C=O) groups excluding carboxylic acids is 1. The number of nitrogen functional groups attached to an aromatic ring is 1. The molecule has 0 aliphatic heterocycles. The summed E-state index contributed by atoms with van der Waals surface area (Å²) >= 11 is 0. The van der Waals surface area contributed by atoms with Crippen molar-refractivity contribution in [1.29, 1.82) is 0 Å². The molecule has 0 heterocycles. The molecule has 1 aromatic carbocycles. The second-order valence-corrected chi connectivity index (χ2v) is 4.98. The summed E-state index contributed by atoms with van der Waals surface area (Å²) in [5, 5.41) is 12.4. The minimum atomic E-state index is -1.01. The maximum atomic E-state index is 13.9. The minimum absolute atomic E-state index is 0.0762. The second kappa shape index (κ2) is 5.44. The maximum absolute atomic E-state index is 13.9. The van der Waals surface area contributed by atoms with E-state index in [2.05, 4.69) is 10.1 Å². The van der Waals surface area contributed by atoms with Crippen LogP contribution < -0.4 is 11.1 Å². The number of benzene rings is 1. The molecule has 0 amide bonds. The molecule has 0 aromatic heterocycles. The van der Waals surface area contributed by atoms with Gasteiger partial charge in [-0.3, -0.25) is 0 Å². The molecule has 0 atom stereocenters. The Labute approximate surface area is 111 Å². The molecular formula is C13H19FN2O3. The molecule has 1 rings (SSSR count). The largest absolute Gasteiger partial charge is 0.465 e. The molecule has 0 radical (unpaired) electrons. The Bertz CT molecular complexity index is 496. The van der Waals surface area contributed by atoms with E-state index >= 15 is 0 Å². The number of carbonyl (C=O) groups is 1. The van der Waals surface area contributed by atoms with E-state index in [-0.39, 0.29) is 23.5 Å². The monoisotopic (exact) mass is 270 g/mol. The molecule has 0 aliphatic rings. The molecule has 0 saturated carbocycles.